The summed E-state index contributed by atoms with van der Waals surface area (Å²) in [6.07, 6.45) is 1.75. The highest BCUT2D eigenvalue weighted by Crippen LogP contribution is 2.60. The summed E-state index contributed by atoms with van der Waals surface area (Å²) >= 11 is 25.7. The fourth-order valence-electron chi connectivity index (χ4n) is 4.06. The number of benzene rings is 2. The van der Waals surface area contributed by atoms with Crippen molar-refractivity contribution >= 4 is 64.9 Å². The van der Waals surface area contributed by atoms with Gasteiger partial charge in [0, 0.05) is 0 Å². The maximum atomic E-state index is 6.43. The summed E-state index contributed by atoms with van der Waals surface area (Å²) in [6.45, 7) is 0. The van der Waals surface area contributed by atoms with Crippen LogP contribution in [0, 0.1) is 11.8 Å². The quantitative estimate of drug-likeness (QED) is 0.411. The number of rotatable bonds is 6. The first kappa shape index (κ1) is 18.2. The molecule has 0 aromatic heterocycles. The van der Waals surface area contributed by atoms with Gasteiger partial charge in [-0.15, -0.1) is 46.4 Å². The SMILES string of the molecule is ClC1(Cl)CC1C[Si](CC1CC1(Cl)Cl)(c1ccccc1)c1ccccc1. The van der Waals surface area contributed by atoms with Crippen LogP contribution >= 0.6 is 46.4 Å². The van der Waals surface area contributed by atoms with Crippen LogP contribution in [-0.2, 0) is 0 Å². The molecule has 0 radical (unpaired) electrons. The maximum absolute atomic E-state index is 6.43. The Bertz CT molecular complexity index is 679. The molecule has 132 valence electrons. The van der Waals surface area contributed by atoms with Crippen LogP contribution in [0.3, 0.4) is 0 Å². The maximum Gasteiger partial charge on any atom is 0.121 e. The lowest BCUT2D eigenvalue weighted by Gasteiger charge is -2.34. The standard InChI is InChI=1S/C20H20Cl4Si/c21-19(22)11-15(19)13-25(14-16-12-20(16,23)24,17-7-3-1-4-8-17)18-9-5-2-6-10-18/h1-10,15-16H,11-14H2. The van der Waals surface area contributed by atoms with Crippen molar-refractivity contribution < 1.29 is 0 Å². The summed E-state index contributed by atoms with van der Waals surface area (Å²) in [5.41, 5.74) is 0. The van der Waals surface area contributed by atoms with E-state index in [0.717, 1.165) is 24.9 Å². The summed E-state index contributed by atoms with van der Waals surface area (Å²) < 4.78 is -1.13. The highest BCUT2D eigenvalue weighted by atomic mass is 35.5. The van der Waals surface area contributed by atoms with E-state index in [-0.39, 0.29) is 0 Å². The lowest BCUT2D eigenvalue weighted by atomic mass is 10.4. The van der Waals surface area contributed by atoms with E-state index in [1.165, 1.54) is 10.4 Å². The summed E-state index contributed by atoms with van der Waals surface area (Å²) in [5, 5.41) is 2.85. The fraction of sp³-hybridized carbons (Fsp3) is 0.400. The molecule has 0 saturated heterocycles. The second kappa shape index (κ2) is 6.46. The average Bonchev–Trinajstić information content (AvgIpc) is 3.41. The van der Waals surface area contributed by atoms with E-state index in [0.29, 0.717) is 11.8 Å². The largest absolute Gasteiger partial charge is 0.121 e. The van der Waals surface area contributed by atoms with Crippen LogP contribution in [0.1, 0.15) is 12.8 Å². The van der Waals surface area contributed by atoms with Gasteiger partial charge >= 0.3 is 0 Å². The first-order valence-corrected chi connectivity index (χ1v) is 12.6. The zero-order valence-corrected chi connectivity index (χ0v) is 17.8. The average molecular weight is 430 g/mol. The third-order valence-electron chi connectivity index (χ3n) is 5.75. The molecule has 2 aromatic rings. The van der Waals surface area contributed by atoms with E-state index < -0.39 is 16.7 Å². The van der Waals surface area contributed by atoms with Gasteiger partial charge in [-0.05, 0) is 36.8 Å². The molecule has 0 aliphatic heterocycles. The van der Waals surface area contributed by atoms with Crippen molar-refractivity contribution in [2.24, 2.45) is 11.8 Å². The summed E-state index contributed by atoms with van der Waals surface area (Å²) in [7, 11) is -2.06. The molecule has 0 bridgehead atoms. The smallest absolute Gasteiger partial charge is 0.101 e. The van der Waals surface area contributed by atoms with Crippen molar-refractivity contribution in [2.75, 3.05) is 0 Å². The first-order valence-electron chi connectivity index (χ1n) is 8.70. The molecule has 0 spiro atoms. The molecule has 2 saturated carbocycles. The van der Waals surface area contributed by atoms with Crippen LogP contribution in [-0.4, -0.2) is 16.7 Å². The number of alkyl halides is 4. The Balaban J connectivity index is 1.79. The van der Waals surface area contributed by atoms with E-state index in [1.54, 1.807) is 0 Å². The Labute approximate surface area is 170 Å². The van der Waals surface area contributed by atoms with Crippen molar-refractivity contribution in [3.8, 4) is 0 Å². The molecular formula is C20H20Cl4Si. The fourth-order valence-corrected chi connectivity index (χ4v) is 11.4. The molecule has 0 heterocycles. The minimum atomic E-state index is -2.06. The van der Waals surface area contributed by atoms with Gasteiger partial charge in [-0.2, -0.15) is 0 Å². The Morgan fingerprint density at radius 1 is 0.680 bits per heavy atom. The van der Waals surface area contributed by atoms with E-state index in [1.807, 2.05) is 0 Å². The van der Waals surface area contributed by atoms with Gasteiger partial charge in [0.25, 0.3) is 0 Å². The summed E-state index contributed by atoms with van der Waals surface area (Å²) in [5.74, 6) is 0.698. The van der Waals surface area contributed by atoms with Crippen molar-refractivity contribution in [3.63, 3.8) is 0 Å². The van der Waals surface area contributed by atoms with Gasteiger partial charge in [0.15, 0.2) is 0 Å². The Hall–Kier alpha value is -0.183. The van der Waals surface area contributed by atoms with E-state index >= 15 is 0 Å². The van der Waals surface area contributed by atoms with E-state index in [9.17, 15) is 0 Å². The molecule has 0 nitrogen and oxygen atoms in total. The third-order valence-corrected chi connectivity index (χ3v) is 12.9. The van der Waals surface area contributed by atoms with Crippen molar-refractivity contribution in [1.29, 1.82) is 0 Å². The second-order valence-electron chi connectivity index (χ2n) is 7.55. The number of halogens is 4. The van der Waals surface area contributed by atoms with Crippen LogP contribution in [0.25, 0.3) is 0 Å². The molecule has 0 amide bonds. The molecule has 4 rings (SSSR count). The monoisotopic (exact) mass is 428 g/mol. The lowest BCUT2D eigenvalue weighted by molar-refractivity contribution is 0.883. The van der Waals surface area contributed by atoms with Crippen LogP contribution < -0.4 is 10.4 Å². The minimum Gasteiger partial charge on any atom is -0.101 e. The zero-order valence-electron chi connectivity index (χ0n) is 13.8. The van der Waals surface area contributed by atoms with Gasteiger partial charge in [0.2, 0.25) is 0 Å². The van der Waals surface area contributed by atoms with Crippen LogP contribution in [0.4, 0.5) is 0 Å². The van der Waals surface area contributed by atoms with Crippen LogP contribution in [0.5, 0.6) is 0 Å². The molecule has 5 heteroatoms. The molecular weight excluding hydrogens is 410 g/mol. The van der Waals surface area contributed by atoms with Crippen molar-refractivity contribution in [2.45, 2.75) is 33.6 Å². The number of hydrogen-bond donors (Lipinski definition) is 0. The van der Waals surface area contributed by atoms with Gasteiger partial charge in [-0.1, -0.05) is 71.0 Å². The van der Waals surface area contributed by atoms with Crippen LogP contribution in [0.15, 0.2) is 60.7 Å². The Kier molecular flexibility index (Phi) is 4.70. The molecule has 2 atom stereocenters. The molecule has 2 aliphatic rings. The normalized spacial score (nSPS) is 26.2. The van der Waals surface area contributed by atoms with Crippen molar-refractivity contribution in [3.05, 3.63) is 60.7 Å². The molecule has 0 N–H and O–H groups in total. The molecule has 2 fully saturated rings. The first-order chi connectivity index (χ1) is 11.8. The lowest BCUT2D eigenvalue weighted by Crippen LogP contribution is -2.59. The highest BCUT2D eigenvalue weighted by molar-refractivity contribution is 7.02. The second-order valence-corrected chi connectivity index (χ2v) is 14.8. The predicted molar refractivity (Wildman–Crippen MR) is 113 cm³/mol. The summed E-state index contributed by atoms with van der Waals surface area (Å²) in [4.78, 5) is 0. The summed E-state index contributed by atoms with van der Waals surface area (Å²) in [6, 6.07) is 23.8. The highest BCUT2D eigenvalue weighted by Gasteiger charge is 2.60. The Morgan fingerprint density at radius 3 is 1.28 bits per heavy atom. The van der Waals surface area contributed by atoms with Gasteiger partial charge in [0.05, 0.1) is 0 Å². The molecule has 25 heavy (non-hydrogen) atoms. The van der Waals surface area contributed by atoms with Gasteiger partial charge in [-0.25, -0.2) is 0 Å². The van der Waals surface area contributed by atoms with Gasteiger partial charge in [-0.3, -0.25) is 0 Å². The zero-order chi connectivity index (χ0) is 17.7. The van der Waals surface area contributed by atoms with Crippen molar-refractivity contribution in [1.82, 2.24) is 0 Å². The molecule has 2 aliphatic carbocycles. The third kappa shape index (κ3) is 3.64. The van der Waals surface area contributed by atoms with Gasteiger partial charge in [0.1, 0.15) is 16.7 Å². The number of hydrogen-bond acceptors (Lipinski definition) is 0. The topological polar surface area (TPSA) is 0 Å². The molecule has 2 aromatic carbocycles. The molecule has 2 unspecified atom stereocenters. The van der Waals surface area contributed by atoms with E-state index in [2.05, 4.69) is 60.7 Å². The minimum absolute atomic E-state index is 0.349. The van der Waals surface area contributed by atoms with Crippen LogP contribution in [0.2, 0.25) is 12.1 Å². The van der Waals surface area contributed by atoms with E-state index in [4.69, 9.17) is 46.4 Å². The van der Waals surface area contributed by atoms with Gasteiger partial charge < -0.3 is 0 Å². The predicted octanol–water partition coefficient (Wildman–Crippen LogP) is 5.64. The Morgan fingerprint density at radius 2 is 1.00 bits per heavy atom.